The van der Waals surface area contributed by atoms with Gasteiger partial charge in [0.1, 0.15) is 0 Å². The van der Waals surface area contributed by atoms with Crippen LogP contribution in [0.4, 0.5) is 0 Å². The number of ether oxygens (including phenoxy) is 1. The zero-order chi connectivity index (χ0) is 14.9. The molecule has 0 aliphatic carbocycles. The summed E-state index contributed by atoms with van der Waals surface area (Å²) >= 11 is 0. The molecule has 0 bridgehead atoms. The highest BCUT2D eigenvalue weighted by molar-refractivity contribution is 5.26. The van der Waals surface area contributed by atoms with Crippen LogP contribution in [0.5, 0.6) is 0 Å². The topological polar surface area (TPSA) is 9.23 Å². The van der Waals surface area contributed by atoms with E-state index in [9.17, 15) is 0 Å². The van der Waals surface area contributed by atoms with Gasteiger partial charge in [0.2, 0.25) is 0 Å². The number of rotatable bonds is 8. The summed E-state index contributed by atoms with van der Waals surface area (Å²) in [5, 5.41) is 0. The van der Waals surface area contributed by atoms with Gasteiger partial charge in [-0.25, -0.2) is 0 Å². The Morgan fingerprint density at radius 3 is 1.52 bits per heavy atom. The van der Waals surface area contributed by atoms with Crippen LogP contribution in [0.3, 0.4) is 0 Å². The standard InChI is InChI=1S/C20H26O/c1-17-9-3-5-11-19(17)13-7-15-21-16-8-14-20-12-6-4-10-18(20)2/h3-6,9-12H,7-8,13-16H2,1-2H3. The van der Waals surface area contributed by atoms with E-state index in [1.54, 1.807) is 0 Å². The van der Waals surface area contributed by atoms with E-state index in [4.69, 9.17) is 4.74 Å². The van der Waals surface area contributed by atoms with E-state index < -0.39 is 0 Å². The number of aryl methyl sites for hydroxylation is 4. The molecule has 112 valence electrons. The van der Waals surface area contributed by atoms with E-state index in [0.717, 1.165) is 38.9 Å². The fourth-order valence-corrected chi connectivity index (χ4v) is 2.61. The van der Waals surface area contributed by atoms with Crippen molar-refractivity contribution in [3.05, 3.63) is 70.8 Å². The second kappa shape index (κ2) is 8.63. The average Bonchev–Trinajstić information content (AvgIpc) is 2.50. The van der Waals surface area contributed by atoms with E-state index in [-0.39, 0.29) is 0 Å². The first-order valence-corrected chi connectivity index (χ1v) is 7.94. The Morgan fingerprint density at radius 2 is 1.10 bits per heavy atom. The maximum atomic E-state index is 5.76. The Morgan fingerprint density at radius 1 is 0.667 bits per heavy atom. The highest BCUT2D eigenvalue weighted by Gasteiger charge is 1.99. The molecule has 0 spiro atoms. The maximum absolute atomic E-state index is 5.76. The fraction of sp³-hybridized carbons (Fsp3) is 0.400. The fourth-order valence-electron chi connectivity index (χ4n) is 2.61. The predicted octanol–water partition coefficient (Wildman–Crippen LogP) is 4.89. The van der Waals surface area contributed by atoms with Crippen LogP contribution < -0.4 is 0 Å². The third kappa shape index (κ3) is 5.35. The van der Waals surface area contributed by atoms with Crippen molar-refractivity contribution >= 4 is 0 Å². The number of hydrogen-bond acceptors (Lipinski definition) is 1. The monoisotopic (exact) mass is 282 g/mol. The van der Waals surface area contributed by atoms with Gasteiger partial charge in [-0.1, -0.05) is 48.5 Å². The van der Waals surface area contributed by atoms with Crippen molar-refractivity contribution in [1.29, 1.82) is 0 Å². The summed E-state index contributed by atoms with van der Waals surface area (Å²) < 4.78 is 5.76. The van der Waals surface area contributed by atoms with Crippen molar-refractivity contribution in [2.45, 2.75) is 39.5 Å². The molecular formula is C20H26O. The van der Waals surface area contributed by atoms with Crippen LogP contribution in [0.2, 0.25) is 0 Å². The van der Waals surface area contributed by atoms with Crippen molar-refractivity contribution in [2.75, 3.05) is 13.2 Å². The second-order valence-corrected chi connectivity index (χ2v) is 5.67. The molecule has 1 heteroatoms. The molecule has 0 aromatic heterocycles. The highest BCUT2D eigenvalue weighted by Crippen LogP contribution is 2.11. The van der Waals surface area contributed by atoms with E-state index in [1.807, 2.05) is 0 Å². The maximum Gasteiger partial charge on any atom is 0.0469 e. The van der Waals surface area contributed by atoms with Crippen LogP contribution in [0, 0.1) is 13.8 Å². The van der Waals surface area contributed by atoms with Crippen LogP contribution >= 0.6 is 0 Å². The zero-order valence-electron chi connectivity index (χ0n) is 13.3. The van der Waals surface area contributed by atoms with Crippen LogP contribution in [-0.2, 0) is 17.6 Å². The minimum atomic E-state index is 0.863. The van der Waals surface area contributed by atoms with Crippen LogP contribution in [0.25, 0.3) is 0 Å². The summed E-state index contributed by atoms with van der Waals surface area (Å²) in [5.41, 5.74) is 5.66. The molecule has 0 saturated carbocycles. The van der Waals surface area contributed by atoms with Gasteiger partial charge in [0.15, 0.2) is 0 Å². The summed E-state index contributed by atoms with van der Waals surface area (Å²) in [7, 11) is 0. The summed E-state index contributed by atoms with van der Waals surface area (Å²) in [6.45, 7) is 6.08. The minimum Gasteiger partial charge on any atom is -0.381 e. The lowest BCUT2D eigenvalue weighted by Gasteiger charge is -2.08. The van der Waals surface area contributed by atoms with E-state index in [2.05, 4.69) is 62.4 Å². The van der Waals surface area contributed by atoms with Gasteiger partial charge in [-0.3, -0.25) is 0 Å². The molecule has 2 aromatic carbocycles. The number of benzene rings is 2. The first kappa shape index (κ1) is 15.8. The lowest BCUT2D eigenvalue weighted by atomic mass is 10.0. The predicted molar refractivity (Wildman–Crippen MR) is 89.8 cm³/mol. The lowest BCUT2D eigenvalue weighted by molar-refractivity contribution is 0.129. The van der Waals surface area contributed by atoms with Gasteiger partial charge in [0, 0.05) is 13.2 Å². The van der Waals surface area contributed by atoms with Gasteiger partial charge >= 0.3 is 0 Å². The van der Waals surface area contributed by atoms with Gasteiger partial charge in [-0.05, 0) is 61.8 Å². The Balaban J connectivity index is 1.57. The molecule has 1 nitrogen and oxygen atoms in total. The van der Waals surface area contributed by atoms with E-state index >= 15 is 0 Å². The van der Waals surface area contributed by atoms with Gasteiger partial charge in [0.25, 0.3) is 0 Å². The van der Waals surface area contributed by atoms with Crippen molar-refractivity contribution in [2.24, 2.45) is 0 Å². The Bertz CT molecular complexity index is 496. The summed E-state index contributed by atoms with van der Waals surface area (Å²) in [5.74, 6) is 0. The third-order valence-corrected chi connectivity index (χ3v) is 3.99. The van der Waals surface area contributed by atoms with Crippen molar-refractivity contribution < 1.29 is 4.74 Å². The van der Waals surface area contributed by atoms with Gasteiger partial charge in [0.05, 0.1) is 0 Å². The molecule has 0 saturated heterocycles. The first-order chi connectivity index (χ1) is 10.3. The summed E-state index contributed by atoms with van der Waals surface area (Å²) in [6.07, 6.45) is 4.44. The van der Waals surface area contributed by atoms with Crippen LogP contribution in [-0.4, -0.2) is 13.2 Å². The molecule has 0 unspecified atom stereocenters. The smallest absolute Gasteiger partial charge is 0.0469 e. The molecule has 0 atom stereocenters. The average molecular weight is 282 g/mol. The van der Waals surface area contributed by atoms with Gasteiger partial charge in [-0.15, -0.1) is 0 Å². The molecule has 0 aliphatic rings. The molecular weight excluding hydrogens is 256 g/mol. The molecule has 21 heavy (non-hydrogen) atoms. The SMILES string of the molecule is Cc1ccccc1CCCOCCCc1ccccc1C. The van der Waals surface area contributed by atoms with Crippen molar-refractivity contribution in [3.63, 3.8) is 0 Å². The van der Waals surface area contributed by atoms with Crippen molar-refractivity contribution in [3.8, 4) is 0 Å². The molecule has 0 N–H and O–H groups in total. The van der Waals surface area contributed by atoms with Gasteiger partial charge in [-0.2, -0.15) is 0 Å². The Hall–Kier alpha value is -1.60. The summed E-state index contributed by atoms with van der Waals surface area (Å²) in [4.78, 5) is 0. The van der Waals surface area contributed by atoms with Crippen LogP contribution in [0.15, 0.2) is 48.5 Å². The largest absolute Gasteiger partial charge is 0.381 e. The van der Waals surface area contributed by atoms with Gasteiger partial charge < -0.3 is 4.74 Å². The zero-order valence-corrected chi connectivity index (χ0v) is 13.3. The summed E-state index contributed by atoms with van der Waals surface area (Å²) in [6, 6.07) is 17.2. The molecule has 0 fully saturated rings. The Kier molecular flexibility index (Phi) is 6.49. The molecule has 0 amide bonds. The molecule has 0 radical (unpaired) electrons. The van der Waals surface area contributed by atoms with E-state index in [1.165, 1.54) is 22.3 Å². The minimum absolute atomic E-state index is 0.863. The Labute approximate surface area is 129 Å². The second-order valence-electron chi connectivity index (χ2n) is 5.67. The highest BCUT2D eigenvalue weighted by atomic mass is 16.5. The third-order valence-electron chi connectivity index (χ3n) is 3.99. The van der Waals surface area contributed by atoms with Crippen LogP contribution in [0.1, 0.15) is 35.1 Å². The quantitative estimate of drug-likeness (QED) is 0.627. The molecule has 0 heterocycles. The molecule has 2 aromatic rings. The number of hydrogen-bond donors (Lipinski definition) is 0. The van der Waals surface area contributed by atoms with Crippen molar-refractivity contribution in [1.82, 2.24) is 0 Å². The normalized spacial score (nSPS) is 10.8. The molecule has 2 rings (SSSR count). The van der Waals surface area contributed by atoms with E-state index in [0.29, 0.717) is 0 Å². The first-order valence-electron chi connectivity index (χ1n) is 7.94. The molecule has 0 aliphatic heterocycles. The lowest BCUT2D eigenvalue weighted by Crippen LogP contribution is -2.01.